The fourth-order valence-corrected chi connectivity index (χ4v) is 1.46. The summed E-state index contributed by atoms with van der Waals surface area (Å²) in [7, 11) is 0. The summed E-state index contributed by atoms with van der Waals surface area (Å²) < 4.78 is 52.8. The summed E-state index contributed by atoms with van der Waals surface area (Å²) in [4.78, 5) is 0. The van der Waals surface area contributed by atoms with Gasteiger partial charge < -0.3 is 9.84 Å². The van der Waals surface area contributed by atoms with Crippen LogP contribution in [0.3, 0.4) is 0 Å². The normalized spacial score (nSPS) is 14.2. The molecule has 0 heterocycles. The third-order valence-electron chi connectivity index (χ3n) is 2.56. The van der Waals surface area contributed by atoms with Gasteiger partial charge in [-0.2, -0.15) is 8.78 Å². The molecule has 2 nitrogen and oxygen atoms in total. The van der Waals surface area contributed by atoms with Crippen molar-refractivity contribution in [2.75, 3.05) is 13.2 Å². The number of rotatable bonds is 11. The number of aliphatic hydroxyl groups is 1. The number of hydrogen-bond donors (Lipinski definition) is 1. The Morgan fingerprint density at radius 2 is 1.72 bits per heavy atom. The molecule has 1 atom stereocenters. The molecular weight excluding hydrogens is 252 g/mol. The standard InChI is InChI=1S/C12H22F4O2/c1-2-3-4-5-6-7-10(17)8-18-9-12(15,16)11(13)14/h10-11,17H,2-9H2,1H3. The lowest BCUT2D eigenvalue weighted by Gasteiger charge is -2.17. The molecule has 0 saturated carbocycles. The molecule has 0 aliphatic carbocycles. The van der Waals surface area contributed by atoms with Crippen LogP contribution in [0.25, 0.3) is 0 Å². The number of unbranched alkanes of at least 4 members (excludes halogenated alkanes) is 4. The van der Waals surface area contributed by atoms with Gasteiger partial charge >= 0.3 is 12.3 Å². The van der Waals surface area contributed by atoms with Crippen LogP contribution in [0, 0.1) is 0 Å². The quantitative estimate of drug-likeness (QED) is 0.460. The maximum Gasteiger partial charge on any atom is 0.330 e. The molecule has 110 valence electrons. The molecule has 0 aliphatic rings. The molecule has 0 aliphatic heterocycles. The lowest BCUT2D eigenvalue weighted by atomic mass is 10.1. The molecule has 6 heteroatoms. The molecule has 0 aromatic rings. The van der Waals surface area contributed by atoms with E-state index in [0.717, 1.165) is 32.1 Å². The van der Waals surface area contributed by atoms with Gasteiger partial charge in [0.2, 0.25) is 0 Å². The van der Waals surface area contributed by atoms with Crippen molar-refractivity contribution in [2.45, 2.75) is 63.9 Å². The van der Waals surface area contributed by atoms with Crippen LogP contribution in [-0.2, 0) is 4.74 Å². The second-order valence-corrected chi connectivity index (χ2v) is 4.43. The fraction of sp³-hybridized carbons (Fsp3) is 1.00. The second-order valence-electron chi connectivity index (χ2n) is 4.43. The highest BCUT2D eigenvalue weighted by Gasteiger charge is 2.41. The van der Waals surface area contributed by atoms with Crippen LogP contribution in [0.2, 0.25) is 0 Å². The zero-order valence-corrected chi connectivity index (χ0v) is 10.7. The number of ether oxygens (including phenoxy) is 1. The average Bonchev–Trinajstić information content (AvgIpc) is 2.28. The van der Waals surface area contributed by atoms with Crippen LogP contribution in [0.5, 0.6) is 0 Å². The molecule has 0 saturated heterocycles. The largest absolute Gasteiger partial charge is 0.391 e. The summed E-state index contributed by atoms with van der Waals surface area (Å²) in [5, 5.41) is 9.38. The van der Waals surface area contributed by atoms with E-state index in [4.69, 9.17) is 0 Å². The van der Waals surface area contributed by atoms with Gasteiger partial charge in [0.1, 0.15) is 6.61 Å². The molecule has 0 bridgehead atoms. The van der Waals surface area contributed by atoms with Crippen molar-refractivity contribution in [3.63, 3.8) is 0 Å². The van der Waals surface area contributed by atoms with E-state index in [1.54, 1.807) is 0 Å². The van der Waals surface area contributed by atoms with Crippen molar-refractivity contribution in [1.29, 1.82) is 0 Å². The summed E-state index contributed by atoms with van der Waals surface area (Å²) >= 11 is 0. The molecule has 0 aromatic heterocycles. The Hall–Kier alpha value is -0.360. The molecule has 1 N–H and O–H groups in total. The Bertz CT molecular complexity index is 201. The molecule has 0 fully saturated rings. The number of alkyl halides is 4. The van der Waals surface area contributed by atoms with E-state index in [-0.39, 0.29) is 6.61 Å². The Balaban J connectivity index is 3.50. The molecule has 0 rings (SSSR count). The molecule has 18 heavy (non-hydrogen) atoms. The monoisotopic (exact) mass is 274 g/mol. The summed E-state index contributed by atoms with van der Waals surface area (Å²) in [6, 6.07) is 0. The SMILES string of the molecule is CCCCCCCC(O)COCC(F)(F)C(F)F. The van der Waals surface area contributed by atoms with Crippen LogP contribution in [0.4, 0.5) is 17.6 Å². The minimum atomic E-state index is -4.14. The second kappa shape index (κ2) is 9.55. The van der Waals surface area contributed by atoms with E-state index >= 15 is 0 Å². The highest BCUT2D eigenvalue weighted by Crippen LogP contribution is 2.22. The fourth-order valence-electron chi connectivity index (χ4n) is 1.46. The predicted octanol–water partition coefficient (Wildman–Crippen LogP) is 3.62. The Labute approximate surface area is 105 Å². The Morgan fingerprint density at radius 3 is 2.28 bits per heavy atom. The van der Waals surface area contributed by atoms with Gasteiger partial charge in [0.15, 0.2) is 0 Å². The molecule has 0 amide bonds. The van der Waals surface area contributed by atoms with Crippen molar-refractivity contribution in [3.8, 4) is 0 Å². The summed E-state index contributed by atoms with van der Waals surface area (Å²) in [5.74, 6) is -4.14. The van der Waals surface area contributed by atoms with Gasteiger partial charge in [-0.15, -0.1) is 0 Å². The zero-order valence-electron chi connectivity index (χ0n) is 10.7. The van der Waals surface area contributed by atoms with Gasteiger partial charge in [0.25, 0.3) is 0 Å². The van der Waals surface area contributed by atoms with Crippen LogP contribution in [0.15, 0.2) is 0 Å². The Morgan fingerprint density at radius 1 is 1.11 bits per heavy atom. The Kier molecular flexibility index (Phi) is 9.36. The van der Waals surface area contributed by atoms with E-state index in [1.807, 2.05) is 0 Å². The highest BCUT2D eigenvalue weighted by atomic mass is 19.3. The number of aliphatic hydroxyl groups excluding tert-OH is 1. The maximum absolute atomic E-state index is 12.4. The third kappa shape index (κ3) is 8.69. The van der Waals surface area contributed by atoms with Crippen molar-refractivity contribution in [3.05, 3.63) is 0 Å². The van der Waals surface area contributed by atoms with Crippen molar-refractivity contribution < 1.29 is 27.4 Å². The van der Waals surface area contributed by atoms with Crippen molar-refractivity contribution >= 4 is 0 Å². The zero-order chi connectivity index (χ0) is 14.0. The summed E-state index contributed by atoms with van der Waals surface area (Å²) in [6.07, 6.45) is 0.941. The minimum Gasteiger partial charge on any atom is -0.391 e. The minimum absolute atomic E-state index is 0.323. The maximum atomic E-state index is 12.4. The van der Waals surface area contributed by atoms with Crippen molar-refractivity contribution in [1.82, 2.24) is 0 Å². The number of halogens is 4. The molecular formula is C12H22F4O2. The summed E-state index contributed by atoms with van der Waals surface area (Å²) in [6.45, 7) is 0.416. The van der Waals surface area contributed by atoms with Crippen LogP contribution < -0.4 is 0 Å². The van der Waals surface area contributed by atoms with Gasteiger partial charge in [-0.25, -0.2) is 8.78 Å². The molecule has 1 unspecified atom stereocenters. The van der Waals surface area contributed by atoms with Gasteiger partial charge in [-0.3, -0.25) is 0 Å². The first-order chi connectivity index (χ1) is 8.40. The molecule has 0 aromatic carbocycles. The first-order valence-electron chi connectivity index (χ1n) is 6.32. The third-order valence-corrected chi connectivity index (χ3v) is 2.56. The highest BCUT2D eigenvalue weighted by molar-refractivity contribution is 4.68. The van der Waals surface area contributed by atoms with Crippen LogP contribution in [0.1, 0.15) is 45.4 Å². The van der Waals surface area contributed by atoms with E-state index in [2.05, 4.69) is 11.7 Å². The predicted molar refractivity (Wildman–Crippen MR) is 61.2 cm³/mol. The van der Waals surface area contributed by atoms with E-state index < -0.39 is 25.1 Å². The number of hydrogen-bond acceptors (Lipinski definition) is 2. The van der Waals surface area contributed by atoms with Gasteiger partial charge in [-0.05, 0) is 6.42 Å². The van der Waals surface area contributed by atoms with Crippen LogP contribution >= 0.6 is 0 Å². The average molecular weight is 274 g/mol. The van der Waals surface area contributed by atoms with Gasteiger partial charge in [-0.1, -0.05) is 39.0 Å². The van der Waals surface area contributed by atoms with E-state index in [1.165, 1.54) is 0 Å². The summed E-state index contributed by atoms with van der Waals surface area (Å²) in [5.41, 5.74) is 0. The van der Waals surface area contributed by atoms with Gasteiger partial charge in [0, 0.05) is 0 Å². The van der Waals surface area contributed by atoms with E-state index in [9.17, 15) is 22.7 Å². The molecule has 0 spiro atoms. The topological polar surface area (TPSA) is 29.5 Å². The first-order valence-corrected chi connectivity index (χ1v) is 6.32. The first kappa shape index (κ1) is 17.6. The lowest BCUT2D eigenvalue weighted by Crippen LogP contribution is -2.33. The van der Waals surface area contributed by atoms with Crippen molar-refractivity contribution in [2.24, 2.45) is 0 Å². The lowest BCUT2D eigenvalue weighted by molar-refractivity contribution is -0.170. The van der Waals surface area contributed by atoms with E-state index in [0.29, 0.717) is 6.42 Å². The van der Waals surface area contributed by atoms with Gasteiger partial charge in [0.05, 0.1) is 12.7 Å². The smallest absolute Gasteiger partial charge is 0.330 e. The van der Waals surface area contributed by atoms with Crippen LogP contribution in [-0.4, -0.2) is 36.8 Å². The molecule has 0 radical (unpaired) electrons.